The van der Waals surface area contributed by atoms with Gasteiger partial charge in [-0.15, -0.1) is 0 Å². The number of hydrogen-bond acceptors (Lipinski definition) is 3. The molecule has 1 fully saturated rings. The van der Waals surface area contributed by atoms with E-state index in [2.05, 4.69) is 46.7 Å². The maximum Gasteiger partial charge on any atom is 0.323 e. The third-order valence-corrected chi connectivity index (χ3v) is 7.22. The monoisotopic (exact) mass is 482 g/mol. The Morgan fingerprint density at radius 1 is 0.806 bits per heavy atom. The van der Waals surface area contributed by atoms with Crippen LogP contribution < -0.4 is 15.5 Å². The van der Waals surface area contributed by atoms with Crippen molar-refractivity contribution in [3.05, 3.63) is 89.0 Å². The zero-order chi connectivity index (χ0) is 24.9. The molecule has 2 N–H and O–H groups in total. The van der Waals surface area contributed by atoms with Crippen molar-refractivity contribution in [3.8, 4) is 0 Å². The number of benzene rings is 3. The Morgan fingerprint density at radius 3 is 2.25 bits per heavy atom. The first-order chi connectivity index (χ1) is 17.6. The molecule has 3 amide bonds. The summed E-state index contributed by atoms with van der Waals surface area (Å²) in [6.45, 7) is 5.31. The molecule has 5 rings (SSSR count). The van der Waals surface area contributed by atoms with Gasteiger partial charge >= 0.3 is 6.03 Å². The summed E-state index contributed by atoms with van der Waals surface area (Å²) < 4.78 is 0. The number of amides is 3. The molecule has 2 heterocycles. The fraction of sp³-hybridized carbons (Fsp3) is 0.333. The number of hydrogen-bond donors (Lipinski definition) is 2. The largest absolute Gasteiger partial charge is 0.366 e. The molecule has 186 valence electrons. The van der Waals surface area contributed by atoms with Crippen LogP contribution in [0, 0.1) is 0 Å². The lowest BCUT2D eigenvalue weighted by molar-refractivity contribution is 0.0725. The Hall–Kier alpha value is -3.80. The zero-order valence-corrected chi connectivity index (χ0v) is 20.9. The lowest BCUT2D eigenvalue weighted by Gasteiger charge is -2.34. The highest BCUT2D eigenvalue weighted by molar-refractivity contribution is 6.04. The van der Waals surface area contributed by atoms with E-state index in [4.69, 9.17) is 0 Å². The summed E-state index contributed by atoms with van der Waals surface area (Å²) in [6, 6.07) is 21.7. The lowest BCUT2D eigenvalue weighted by atomic mass is 9.98. The van der Waals surface area contributed by atoms with E-state index in [-0.39, 0.29) is 11.9 Å². The summed E-state index contributed by atoms with van der Waals surface area (Å²) >= 11 is 0. The Balaban J connectivity index is 1.38. The molecular weight excluding hydrogens is 448 g/mol. The van der Waals surface area contributed by atoms with Gasteiger partial charge in [-0.1, -0.05) is 43.3 Å². The third-order valence-electron chi connectivity index (χ3n) is 7.22. The Kier molecular flexibility index (Phi) is 7.21. The summed E-state index contributed by atoms with van der Waals surface area (Å²) in [5.74, 6) is 0.0442. The molecule has 0 bridgehead atoms. The molecule has 0 spiro atoms. The standard InChI is InChI=1S/C30H34N4O2/c1-2-22-10-12-25(13-11-22)31-30(36)32-26-14-15-28(27(20-26)29(35)33-17-6-3-7-18-33)34-19-16-23-8-4-5-9-24(23)21-34/h4-5,8-15,20H,2-3,6-7,16-19,21H2,1H3,(H2,31,32,36). The smallest absolute Gasteiger partial charge is 0.323 e. The fourth-order valence-electron chi connectivity index (χ4n) is 5.15. The second-order valence-electron chi connectivity index (χ2n) is 9.65. The molecule has 0 aromatic heterocycles. The number of carbonyl (C=O) groups is 2. The third kappa shape index (κ3) is 5.38. The molecule has 6 nitrogen and oxygen atoms in total. The van der Waals surface area contributed by atoms with Crippen LogP contribution in [0.2, 0.25) is 0 Å². The Labute approximate surface area is 213 Å². The molecule has 3 aromatic rings. The number of likely N-dealkylation sites (tertiary alicyclic amines) is 1. The van der Waals surface area contributed by atoms with Crippen LogP contribution in [0.5, 0.6) is 0 Å². The molecule has 6 heteroatoms. The van der Waals surface area contributed by atoms with Gasteiger partial charge in [0.25, 0.3) is 5.91 Å². The van der Waals surface area contributed by atoms with Crippen LogP contribution in [0.4, 0.5) is 21.9 Å². The van der Waals surface area contributed by atoms with Gasteiger partial charge in [0, 0.05) is 43.2 Å². The van der Waals surface area contributed by atoms with Crippen LogP contribution in [0.1, 0.15) is 53.2 Å². The van der Waals surface area contributed by atoms with Gasteiger partial charge in [-0.05, 0) is 79.1 Å². The minimum absolute atomic E-state index is 0.0442. The van der Waals surface area contributed by atoms with E-state index < -0.39 is 0 Å². The average molecular weight is 483 g/mol. The highest BCUT2D eigenvalue weighted by Crippen LogP contribution is 2.31. The zero-order valence-electron chi connectivity index (χ0n) is 20.9. The SMILES string of the molecule is CCc1ccc(NC(=O)Nc2ccc(N3CCc4ccccc4C3)c(C(=O)N3CCCCC3)c2)cc1. The van der Waals surface area contributed by atoms with E-state index in [0.29, 0.717) is 11.3 Å². The molecule has 3 aromatic carbocycles. The fourth-order valence-corrected chi connectivity index (χ4v) is 5.15. The highest BCUT2D eigenvalue weighted by Gasteiger charge is 2.25. The molecule has 0 aliphatic carbocycles. The van der Waals surface area contributed by atoms with Crippen LogP contribution in [-0.2, 0) is 19.4 Å². The van der Waals surface area contributed by atoms with Crippen LogP contribution in [0.15, 0.2) is 66.7 Å². The molecular formula is C30H34N4O2. The molecule has 0 saturated carbocycles. The number of piperidine rings is 1. The molecule has 0 unspecified atom stereocenters. The first kappa shape index (κ1) is 23.9. The number of anilines is 3. The summed E-state index contributed by atoms with van der Waals surface area (Å²) in [5, 5.41) is 5.81. The van der Waals surface area contributed by atoms with Gasteiger partial charge in [0.05, 0.1) is 5.56 Å². The van der Waals surface area contributed by atoms with Crippen molar-refractivity contribution in [3.63, 3.8) is 0 Å². The number of urea groups is 1. The van der Waals surface area contributed by atoms with Crippen LogP contribution in [-0.4, -0.2) is 36.5 Å². The van der Waals surface area contributed by atoms with Crippen LogP contribution in [0.3, 0.4) is 0 Å². The van der Waals surface area contributed by atoms with E-state index in [9.17, 15) is 9.59 Å². The first-order valence-electron chi connectivity index (χ1n) is 13.0. The minimum Gasteiger partial charge on any atom is -0.366 e. The maximum atomic E-state index is 13.7. The predicted molar refractivity (Wildman–Crippen MR) is 146 cm³/mol. The lowest BCUT2D eigenvalue weighted by Crippen LogP contribution is -2.38. The van der Waals surface area contributed by atoms with Gasteiger partial charge in [0.1, 0.15) is 0 Å². The van der Waals surface area contributed by atoms with Crippen LogP contribution in [0.25, 0.3) is 0 Å². The molecule has 2 aliphatic rings. The van der Waals surface area contributed by atoms with E-state index in [1.165, 1.54) is 23.1 Å². The number of nitrogens with zero attached hydrogens (tertiary/aromatic N) is 2. The van der Waals surface area contributed by atoms with Crippen molar-refractivity contribution in [1.29, 1.82) is 0 Å². The predicted octanol–water partition coefficient (Wildman–Crippen LogP) is 6.08. The summed E-state index contributed by atoms with van der Waals surface area (Å²) in [7, 11) is 0. The molecule has 2 aliphatic heterocycles. The normalized spacial score (nSPS) is 15.2. The second-order valence-corrected chi connectivity index (χ2v) is 9.65. The quantitative estimate of drug-likeness (QED) is 0.463. The van der Waals surface area contributed by atoms with Gasteiger partial charge in [0.2, 0.25) is 0 Å². The maximum absolute atomic E-state index is 13.7. The van der Waals surface area contributed by atoms with E-state index in [1.807, 2.05) is 47.4 Å². The summed E-state index contributed by atoms with van der Waals surface area (Å²) in [5.41, 5.74) is 6.83. The molecule has 0 radical (unpaired) electrons. The van der Waals surface area contributed by atoms with E-state index >= 15 is 0 Å². The van der Waals surface area contributed by atoms with Gasteiger partial charge in [-0.3, -0.25) is 4.79 Å². The van der Waals surface area contributed by atoms with Crippen LogP contribution >= 0.6 is 0 Å². The summed E-state index contributed by atoms with van der Waals surface area (Å²) in [6.07, 6.45) is 5.15. The van der Waals surface area contributed by atoms with Crippen molar-refractivity contribution < 1.29 is 9.59 Å². The topological polar surface area (TPSA) is 64.7 Å². The number of rotatable bonds is 5. The average Bonchev–Trinajstić information content (AvgIpc) is 2.93. The van der Waals surface area contributed by atoms with Crippen molar-refractivity contribution in [1.82, 2.24) is 4.90 Å². The summed E-state index contributed by atoms with van der Waals surface area (Å²) in [4.78, 5) is 30.6. The molecule has 0 atom stereocenters. The number of carbonyl (C=O) groups excluding carboxylic acids is 2. The number of aryl methyl sites for hydroxylation is 1. The molecule has 36 heavy (non-hydrogen) atoms. The van der Waals surface area contributed by atoms with E-state index in [0.717, 1.165) is 63.2 Å². The van der Waals surface area contributed by atoms with Crippen molar-refractivity contribution in [2.75, 3.05) is 35.2 Å². The second kappa shape index (κ2) is 10.9. The van der Waals surface area contributed by atoms with Gasteiger partial charge in [-0.25, -0.2) is 4.79 Å². The van der Waals surface area contributed by atoms with Gasteiger partial charge in [0.15, 0.2) is 0 Å². The first-order valence-corrected chi connectivity index (χ1v) is 13.0. The molecule has 1 saturated heterocycles. The number of nitrogens with one attached hydrogen (secondary N) is 2. The van der Waals surface area contributed by atoms with E-state index in [1.54, 1.807) is 0 Å². The number of fused-ring (bicyclic) bond motifs is 1. The van der Waals surface area contributed by atoms with Gasteiger partial charge < -0.3 is 20.4 Å². The van der Waals surface area contributed by atoms with Crippen molar-refractivity contribution in [2.24, 2.45) is 0 Å². The highest BCUT2D eigenvalue weighted by atomic mass is 16.2. The van der Waals surface area contributed by atoms with Gasteiger partial charge in [-0.2, -0.15) is 0 Å². The van der Waals surface area contributed by atoms with Crippen molar-refractivity contribution >= 4 is 29.0 Å². The Bertz CT molecular complexity index is 1230. The minimum atomic E-state index is -0.324. The Morgan fingerprint density at radius 2 is 1.50 bits per heavy atom. The van der Waals surface area contributed by atoms with Crippen molar-refractivity contribution in [2.45, 2.75) is 45.6 Å².